The van der Waals surface area contributed by atoms with Gasteiger partial charge in [-0.3, -0.25) is 9.59 Å². The molecular formula is C20H22N2O3. The molecule has 0 bridgehead atoms. The number of aryl methyl sites for hydroxylation is 1. The molecule has 1 saturated heterocycles. The van der Waals surface area contributed by atoms with Crippen molar-refractivity contribution in [2.24, 2.45) is 5.92 Å². The number of ether oxygens (including phenoxy) is 1. The van der Waals surface area contributed by atoms with E-state index in [1.54, 1.807) is 24.1 Å². The lowest BCUT2D eigenvalue weighted by atomic mass is 10.1. The fraction of sp³-hybridized carbons (Fsp3) is 0.300. The molecule has 1 aliphatic heterocycles. The Hall–Kier alpha value is -2.82. The van der Waals surface area contributed by atoms with Gasteiger partial charge in [-0.1, -0.05) is 25.1 Å². The fourth-order valence-electron chi connectivity index (χ4n) is 3.02. The predicted molar refractivity (Wildman–Crippen MR) is 97.9 cm³/mol. The summed E-state index contributed by atoms with van der Waals surface area (Å²) in [4.78, 5) is 26.6. The van der Waals surface area contributed by atoms with Crippen molar-refractivity contribution in [3.05, 3.63) is 54.1 Å². The van der Waals surface area contributed by atoms with Crippen LogP contribution in [0.4, 0.5) is 11.4 Å². The summed E-state index contributed by atoms with van der Waals surface area (Å²) in [5, 5.41) is 2.88. The Morgan fingerprint density at radius 1 is 1.24 bits per heavy atom. The molecule has 3 rings (SSSR count). The van der Waals surface area contributed by atoms with Gasteiger partial charge in [0.1, 0.15) is 5.75 Å². The van der Waals surface area contributed by atoms with Crippen molar-refractivity contribution >= 4 is 23.2 Å². The number of anilines is 2. The number of amides is 2. The number of carbonyl (C=O) groups is 2. The highest BCUT2D eigenvalue weighted by atomic mass is 16.5. The second-order valence-electron chi connectivity index (χ2n) is 6.15. The van der Waals surface area contributed by atoms with Crippen molar-refractivity contribution in [1.29, 1.82) is 0 Å². The van der Waals surface area contributed by atoms with Crippen molar-refractivity contribution in [3.63, 3.8) is 0 Å². The minimum atomic E-state index is -0.357. The van der Waals surface area contributed by atoms with Gasteiger partial charge in [0.15, 0.2) is 0 Å². The first kappa shape index (κ1) is 17.0. The van der Waals surface area contributed by atoms with E-state index >= 15 is 0 Å². The summed E-state index contributed by atoms with van der Waals surface area (Å²) in [5.74, 6) is 0.164. The molecule has 0 aromatic heterocycles. The normalized spacial score (nSPS) is 16.8. The average Bonchev–Trinajstić information content (AvgIpc) is 3.04. The number of benzene rings is 2. The van der Waals surface area contributed by atoms with E-state index in [0.29, 0.717) is 18.0 Å². The van der Waals surface area contributed by atoms with Gasteiger partial charge in [-0.25, -0.2) is 0 Å². The number of hydrogen-bond acceptors (Lipinski definition) is 3. The number of methoxy groups -OCH3 is 1. The van der Waals surface area contributed by atoms with Crippen LogP contribution in [-0.2, 0) is 16.0 Å². The molecule has 1 fully saturated rings. The monoisotopic (exact) mass is 338 g/mol. The van der Waals surface area contributed by atoms with E-state index in [4.69, 9.17) is 4.74 Å². The molecule has 1 heterocycles. The van der Waals surface area contributed by atoms with Gasteiger partial charge >= 0.3 is 0 Å². The second kappa shape index (κ2) is 7.38. The van der Waals surface area contributed by atoms with E-state index in [0.717, 1.165) is 12.1 Å². The van der Waals surface area contributed by atoms with Crippen LogP contribution in [0.15, 0.2) is 48.5 Å². The largest absolute Gasteiger partial charge is 0.497 e. The van der Waals surface area contributed by atoms with Gasteiger partial charge in [-0.05, 0) is 36.2 Å². The smallest absolute Gasteiger partial charge is 0.229 e. The van der Waals surface area contributed by atoms with Gasteiger partial charge in [0.25, 0.3) is 0 Å². The Kier molecular flexibility index (Phi) is 5.03. The number of carbonyl (C=O) groups excluding carboxylic acids is 2. The molecule has 2 amide bonds. The van der Waals surface area contributed by atoms with E-state index < -0.39 is 0 Å². The molecule has 2 aromatic rings. The maximum absolute atomic E-state index is 12.5. The van der Waals surface area contributed by atoms with Crippen molar-refractivity contribution in [2.75, 3.05) is 23.9 Å². The zero-order valence-corrected chi connectivity index (χ0v) is 14.5. The Morgan fingerprint density at radius 2 is 2.04 bits per heavy atom. The first-order valence-corrected chi connectivity index (χ1v) is 8.45. The highest BCUT2D eigenvalue weighted by molar-refractivity contribution is 6.03. The van der Waals surface area contributed by atoms with Crippen LogP contribution in [0.25, 0.3) is 0 Å². The lowest BCUT2D eigenvalue weighted by molar-refractivity contribution is -0.122. The summed E-state index contributed by atoms with van der Waals surface area (Å²) in [6, 6.07) is 15.1. The third kappa shape index (κ3) is 3.82. The average molecular weight is 338 g/mol. The first-order valence-electron chi connectivity index (χ1n) is 8.45. The summed E-state index contributed by atoms with van der Waals surface area (Å²) >= 11 is 0. The standard InChI is InChI=1S/C20H22N2O3/c1-3-14-6-4-8-17(10-14)22-13-15(11-19(22)23)20(24)21-16-7-5-9-18(12-16)25-2/h4-10,12,15H,3,11,13H2,1-2H3,(H,21,24)/t15-/m1/s1. The molecule has 130 valence electrons. The van der Waals surface area contributed by atoms with E-state index in [1.165, 1.54) is 5.56 Å². The van der Waals surface area contributed by atoms with Crippen LogP contribution < -0.4 is 15.0 Å². The maximum Gasteiger partial charge on any atom is 0.229 e. The number of hydrogen-bond donors (Lipinski definition) is 1. The van der Waals surface area contributed by atoms with Gasteiger partial charge in [-0.2, -0.15) is 0 Å². The van der Waals surface area contributed by atoms with Crippen LogP contribution in [0.2, 0.25) is 0 Å². The molecule has 25 heavy (non-hydrogen) atoms. The molecule has 1 N–H and O–H groups in total. The van der Waals surface area contributed by atoms with Crippen LogP contribution >= 0.6 is 0 Å². The quantitative estimate of drug-likeness (QED) is 0.910. The van der Waals surface area contributed by atoms with Gasteiger partial charge in [0.2, 0.25) is 11.8 Å². The van der Waals surface area contributed by atoms with Gasteiger partial charge < -0.3 is 15.0 Å². The van der Waals surface area contributed by atoms with Gasteiger partial charge in [-0.15, -0.1) is 0 Å². The fourth-order valence-corrected chi connectivity index (χ4v) is 3.02. The summed E-state index contributed by atoms with van der Waals surface area (Å²) in [7, 11) is 1.58. The van der Waals surface area contributed by atoms with E-state index in [9.17, 15) is 9.59 Å². The topological polar surface area (TPSA) is 58.6 Å². The van der Waals surface area contributed by atoms with Crippen LogP contribution in [0.3, 0.4) is 0 Å². The highest BCUT2D eigenvalue weighted by Crippen LogP contribution is 2.27. The molecule has 2 aromatic carbocycles. The van der Waals surface area contributed by atoms with Gasteiger partial charge in [0.05, 0.1) is 13.0 Å². The molecule has 0 radical (unpaired) electrons. The molecule has 5 heteroatoms. The molecule has 0 unspecified atom stereocenters. The summed E-state index contributed by atoms with van der Waals surface area (Å²) in [6.45, 7) is 2.48. The third-order valence-corrected chi connectivity index (χ3v) is 4.46. The lowest BCUT2D eigenvalue weighted by Gasteiger charge is -2.17. The highest BCUT2D eigenvalue weighted by Gasteiger charge is 2.35. The molecule has 0 saturated carbocycles. The Morgan fingerprint density at radius 3 is 2.80 bits per heavy atom. The molecule has 0 aliphatic carbocycles. The maximum atomic E-state index is 12.5. The summed E-state index contributed by atoms with van der Waals surface area (Å²) < 4.78 is 5.16. The minimum Gasteiger partial charge on any atom is -0.497 e. The number of nitrogens with zero attached hydrogens (tertiary/aromatic N) is 1. The molecule has 0 spiro atoms. The summed E-state index contributed by atoms with van der Waals surface area (Å²) in [6.07, 6.45) is 1.14. The Bertz CT molecular complexity index is 788. The van der Waals surface area contributed by atoms with Gasteiger partial charge in [0, 0.05) is 30.4 Å². The number of rotatable bonds is 5. The molecular weight excluding hydrogens is 316 g/mol. The van der Waals surface area contributed by atoms with Crippen molar-refractivity contribution in [3.8, 4) is 5.75 Å². The molecule has 1 atom stereocenters. The molecule has 1 aliphatic rings. The second-order valence-corrected chi connectivity index (χ2v) is 6.15. The SMILES string of the molecule is CCc1cccc(N2C[C@H](C(=O)Nc3cccc(OC)c3)CC2=O)c1. The van der Waals surface area contributed by atoms with Crippen molar-refractivity contribution in [1.82, 2.24) is 0 Å². The van der Waals surface area contributed by atoms with Crippen LogP contribution in [0, 0.1) is 5.92 Å². The van der Waals surface area contributed by atoms with Crippen LogP contribution in [0.1, 0.15) is 18.9 Å². The zero-order chi connectivity index (χ0) is 17.8. The summed E-state index contributed by atoms with van der Waals surface area (Å²) in [5.41, 5.74) is 2.71. The van der Waals surface area contributed by atoms with Crippen molar-refractivity contribution < 1.29 is 14.3 Å². The number of nitrogens with one attached hydrogen (secondary N) is 1. The Balaban J connectivity index is 1.69. The third-order valence-electron chi connectivity index (χ3n) is 4.46. The van der Waals surface area contributed by atoms with E-state index in [2.05, 4.69) is 12.2 Å². The lowest BCUT2D eigenvalue weighted by Crippen LogP contribution is -2.28. The van der Waals surface area contributed by atoms with Crippen LogP contribution in [-0.4, -0.2) is 25.5 Å². The first-order chi connectivity index (χ1) is 12.1. The van der Waals surface area contributed by atoms with E-state index in [-0.39, 0.29) is 24.2 Å². The zero-order valence-electron chi connectivity index (χ0n) is 14.5. The minimum absolute atomic E-state index is 0.0148. The predicted octanol–water partition coefficient (Wildman–Crippen LogP) is 3.25. The Labute approximate surface area is 147 Å². The molecule has 5 nitrogen and oxygen atoms in total. The van der Waals surface area contributed by atoms with Crippen LogP contribution in [0.5, 0.6) is 5.75 Å². The van der Waals surface area contributed by atoms with Crippen molar-refractivity contribution in [2.45, 2.75) is 19.8 Å². The van der Waals surface area contributed by atoms with E-state index in [1.807, 2.05) is 36.4 Å².